The maximum atomic E-state index is 13.3. The third-order valence-electron chi connectivity index (χ3n) is 5.62. The summed E-state index contributed by atoms with van der Waals surface area (Å²) in [5, 5.41) is 5.10. The van der Waals surface area contributed by atoms with Gasteiger partial charge in [0, 0.05) is 24.2 Å². The molecule has 1 saturated heterocycles. The number of alkyl halides is 3. The van der Waals surface area contributed by atoms with E-state index in [0.29, 0.717) is 30.1 Å². The molecule has 10 heteroatoms. The third-order valence-corrected chi connectivity index (χ3v) is 5.88. The zero-order valence-corrected chi connectivity index (χ0v) is 18.7. The lowest BCUT2D eigenvalue weighted by Gasteiger charge is -2.20. The van der Waals surface area contributed by atoms with Gasteiger partial charge in [0.15, 0.2) is 5.69 Å². The van der Waals surface area contributed by atoms with E-state index in [1.807, 2.05) is 26.0 Å². The van der Waals surface area contributed by atoms with Crippen LogP contribution in [0.3, 0.4) is 0 Å². The number of hydrogen-bond donors (Lipinski definition) is 0. The fourth-order valence-corrected chi connectivity index (χ4v) is 4.27. The van der Waals surface area contributed by atoms with Gasteiger partial charge in [0.05, 0.1) is 23.3 Å². The summed E-state index contributed by atoms with van der Waals surface area (Å²) in [7, 11) is 0. The van der Waals surface area contributed by atoms with Crippen LogP contribution in [0.1, 0.15) is 56.4 Å². The molecule has 1 unspecified atom stereocenters. The van der Waals surface area contributed by atoms with Gasteiger partial charge in [-0.15, -0.1) is 0 Å². The van der Waals surface area contributed by atoms with E-state index < -0.39 is 17.9 Å². The van der Waals surface area contributed by atoms with E-state index in [9.17, 15) is 18.0 Å². The summed E-state index contributed by atoms with van der Waals surface area (Å²) in [5.74, 6) is 0.0353. The smallest absolute Gasteiger partial charge is 0.322 e. The normalized spacial score (nSPS) is 17.1. The lowest BCUT2D eigenvalue weighted by atomic mass is 10.1. The van der Waals surface area contributed by atoms with Gasteiger partial charge in [0.25, 0.3) is 0 Å². The second-order valence-electron chi connectivity index (χ2n) is 8.05. The van der Waals surface area contributed by atoms with Gasteiger partial charge in [-0.1, -0.05) is 32.4 Å². The van der Waals surface area contributed by atoms with E-state index in [4.69, 9.17) is 11.6 Å². The van der Waals surface area contributed by atoms with Crippen LogP contribution in [0.2, 0.25) is 5.02 Å². The number of halogens is 4. The average molecular weight is 466 g/mol. The van der Waals surface area contributed by atoms with E-state index >= 15 is 0 Å². The molecule has 1 aliphatic rings. The summed E-state index contributed by atoms with van der Waals surface area (Å²) >= 11 is 6.00. The Hall–Kier alpha value is -2.81. The molecule has 0 radical (unpaired) electrons. The predicted octanol–water partition coefficient (Wildman–Crippen LogP) is 5.40. The number of aryl methyl sites for hydroxylation is 1. The maximum absolute atomic E-state index is 13.3. The Morgan fingerprint density at radius 1 is 1.22 bits per heavy atom. The molecule has 3 aromatic rings. The molecule has 0 bridgehead atoms. The van der Waals surface area contributed by atoms with Crippen LogP contribution in [-0.4, -0.2) is 31.8 Å². The highest BCUT2D eigenvalue weighted by Crippen LogP contribution is 2.37. The molecule has 1 aromatic carbocycles. The van der Waals surface area contributed by atoms with Crippen LogP contribution < -0.4 is 4.90 Å². The van der Waals surface area contributed by atoms with Crippen molar-refractivity contribution in [3.63, 3.8) is 0 Å². The van der Waals surface area contributed by atoms with Gasteiger partial charge in [0.1, 0.15) is 11.9 Å². The first-order valence-electron chi connectivity index (χ1n) is 10.4. The van der Waals surface area contributed by atoms with Crippen molar-refractivity contribution in [2.45, 2.75) is 51.7 Å². The number of amides is 1. The molecule has 2 aromatic heterocycles. The molecule has 1 aliphatic heterocycles. The Balaban J connectivity index is 1.69. The summed E-state index contributed by atoms with van der Waals surface area (Å²) in [5.41, 5.74) is 1.35. The number of aromatic nitrogens is 4. The van der Waals surface area contributed by atoms with Crippen LogP contribution in [0.25, 0.3) is 5.69 Å². The fourth-order valence-electron chi connectivity index (χ4n) is 4.15. The Kier molecular flexibility index (Phi) is 5.79. The van der Waals surface area contributed by atoms with E-state index in [2.05, 4.69) is 10.1 Å². The van der Waals surface area contributed by atoms with Gasteiger partial charge < -0.3 is 9.47 Å². The van der Waals surface area contributed by atoms with Gasteiger partial charge in [-0.3, -0.25) is 4.79 Å². The van der Waals surface area contributed by atoms with Crippen LogP contribution in [0.4, 0.5) is 18.9 Å². The van der Waals surface area contributed by atoms with Crippen molar-refractivity contribution in [3.05, 3.63) is 58.9 Å². The van der Waals surface area contributed by atoms with Crippen LogP contribution in [0.5, 0.6) is 0 Å². The van der Waals surface area contributed by atoms with E-state index in [1.54, 1.807) is 34.8 Å². The summed E-state index contributed by atoms with van der Waals surface area (Å²) in [6, 6.07) is 6.49. The van der Waals surface area contributed by atoms with E-state index in [1.165, 1.54) is 4.57 Å². The summed E-state index contributed by atoms with van der Waals surface area (Å²) < 4.78 is 42.7. The number of benzene rings is 1. The van der Waals surface area contributed by atoms with E-state index in [-0.39, 0.29) is 17.6 Å². The highest BCUT2D eigenvalue weighted by molar-refractivity contribution is 6.30. The van der Waals surface area contributed by atoms with Crippen molar-refractivity contribution < 1.29 is 18.0 Å². The minimum atomic E-state index is -4.55. The average Bonchev–Trinajstić information content (AvgIpc) is 3.43. The summed E-state index contributed by atoms with van der Waals surface area (Å²) in [6.45, 7) is 6.12. The fraction of sp³-hybridized carbons (Fsp3) is 0.409. The first kappa shape index (κ1) is 22.4. The number of carbonyl (C=O) groups excluding carboxylic acids is 1. The molecule has 1 atom stereocenters. The number of hydrogen-bond acceptors (Lipinski definition) is 3. The monoisotopic (exact) mass is 465 g/mol. The quantitative estimate of drug-likeness (QED) is 0.506. The maximum Gasteiger partial charge on any atom is 0.434 e. The number of carbonyl (C=O) groups is 1. The van der Waals surface area contributed by atoms with Crippen molar-refractivity contribution in [2.75, 3.05) is 11.4 Å². The predicted molar refractivity (Wildman–Crippen MR) is 115 cm³/mol. The number of nitrogens with zero attached hydrogens (tertiary/aromatic N) is 5. The SMILES string of the molecule is CCc1nc(C(F)(F)F)cn1C1CCN(c2cnn(-c3ccc(Cl)cc3)c2C(C)C)C1=O. The lowest BCUT2D eigenvalue weighted by molar-refractivity contribution is -0.141. The molecule has 32 heavy (non-hydrogen) atoms. The number of imidazole rings is 1. The van der Waals surface area contributed by atoms with Crippen LogP contribution in [0, 0.1) is 0 Å². The molecule has 0 aliphatic carbocycles. The summed E-state index contributed by atoms with van der Waals surface area (Å²) in [4.78, 5) is 18.7. The van der Waals surface area contributed by atoms with Gasteiger partial charge in [-0.25, -0.2) is 9.67 Å². The molecule has 3 heterocycles. The molecule has 4 rings (SSSR count). The molecular formula is C22H23ClF3N5O. The molecule has 1 amide bonds. The Labute approximate surface area is 188 Å². The second kappa shape index (κ2) is 8.27. The summed E-state index contributed by atoms with van der Waals surface area (Å²) in [6.07, 6.45) is -1.28. The minimum absolute atomic E-state index is 0.0475. The number of anilines is 1. The van der Waals surface area contributed by atoms with Gasteiger partial charge >= 0.3 is 6.18 Å². The molecule has 0 spiro atoms. The van der Waals surface area contributed by atoms with Gasteiger partial charge in [-0.05, 0) is 36.6 Å². The standard InChI is InChI=1S/C22H23ClF3N5O/c1-4-19-28-18(22(24,25)26)12-30(19)16-9-10-29(21(16)32)17-11-27-31(20(17)13(2)3)15-7-5-14(23)6-8-15/h5-8,11-13,16H,4,9-10H2,1-3H3. The molecule has 0 N–H and O–H groups in total. The van der Waals surface area contributed by atoms with Crippen molar-refractivity contribution in [1.29, 1.82) is 0 Å². The second-order valence-corrected chi connectivity index (χ2v) is 8.49. The minimum Gasteiger partial charge on any atom is -0.322 e. The van der Waals surface area contributed by atoms with Gasteiger partial charge in [0.2, 0.25) is 5.91 Å². The highest BCUT2D eigenvalue weighted by Gasteiger charge is 2.40. The molecule has 6 nitrogen and oxygen atoms in total. The molecular weight excluding hydrogens is 443 g/mol. The van der Waals surface area contributed by atoms with Gasteiger partial charge in [-0.2, -0.15) is 18.3 Å². The molecule has 0 saturated carbocycles. The van der Waals surface area contributed by atoms with Crippen LogP contribution in [-0.2, 0) is 17.4 Å². The molecule has 1 fully saturated rings. The first-order chi connectivity index (χ1) is 15.1. The highest BCUT2D eigenvalue weighted by atomic mass is 35.5. The van der Waals surface area contributed by atoms with Crippen molar-refractivity contribution >= 4 is 23.2 Å². The third kappa shape index (κ3) is 3.90. The van der Waals surface area contributed by atoms with Crippen LogP contribution >= 0.6 is 11.6 Å². The van der Waals surface area contributed by atoms with E-state index in [0.717, 1.165) is 17.6 Å². The largest absolute Gasteiger partial charge is 0.434 e. The zero-order chi connectivity index (χ0) is 23.2. The van der Waals surface area contributed by atoms with Crippen LogP contribution in [0.15, 0.2) is 36.7 Å². The van der Waals surface area contributed by atoms with Crippen molar-refractivity contribution in [1.82, 2.24) is 19.3 Å². The first-order valence-corrected chi connectivity index (χ1v) is 10.8. The Morgan fingerprint density at radius 2 is 1.91 bits per heavy atom. The van der Waals surface area contributed by atoms with Crippen molar-refractivity contribution in [3.8, 4) is 5.69 Å². The topological polar surface area (TPSA) is 56.0 Å². The lowest BCUT2D eigenvalue weighted by Crippen LogP contribution is -2.29. The molecule has 170 valence electrons. The number of rotatable bonds is 5. The van der Waals surface area contributed by atoms with Crippen molar-refractivity contribution in [2.24, 2.45) is 0 Å². The zero-order valence-electron chi connectivity index (χ0n) is 17.9. The Bertz CT molecular complexity index is 1130. The Morgan fingerprint density at radius 3 is 2.50 bits per heavy atom.